The number of nitrogens with zero attached hydrogens (tertiary/aromatic N) is 2. The van der Waals surface area contributed by atoms with Crippen molar-refractivity contribution < 1.29 is 25.2 Å². The molecular formula is C23H22N2O5S. The van der Waals surface area contributed by atoms with Gasteiger partial charge in [-0.2, -0.15) is 5.26 Å². The van der Waals surface area contributed by atoms with E-state index in [2.05, 4.69) is 6.07 Å². The summed E-state index contributed by atoms with van der Waals surface area (Å²) in [5.41, 5.74) is 2.33. The molecule has 1 saturated heterocycles. The number of ether oxygens (including phenoxy) is 1. The Balaban J connectivity index is 1.91. The van der Waals surface area contributed by atoms with Crippen molar-refractivity contribution >= 4 is 23.0 Å². The standard InChI is InChI=1S/C23H22N2O5S/c1-12-9-16(15-8-4-6-13-5-2-3-7-14(13)15)17(10-24)23(31)25(12)22-21(29)20(28)19(27)18(11-26)30-22/h2-9,18-22,26-29H,11H2,1H3/t18-,19+,20+,21-,22+/m0/s1. The van der Waals surface area contributed by atoms with Gasteiger partial charge in [0, 0.05) is 11.3 Å². The van der Waals surface area contributed by atoms with E-state index in [0.29, 0.717) is 11.3 Å². The van der Waals surface area contributed by atoms with Crippen molar-refractivity contribution in [2.24, 2.45) is 0 Å². The van der Waals surface area contributed by atoms with Gasteiger partial charge < -0.3 is 29.7 Å². The van der Waals surface area contributed by atoms with Gasteiger partial charge in [0.2, 0.25) is 0 Å². The fourth-order valence-corrected chi connectivity index (χ4v) is 4.54. The predicted octanol–water partition coefficient (Wildman–Crippen LogP) is 2.19. The first-order chi connectivity index (χ1) is 14.9. The van der Waals surface area contributed by atoms with Crippen molar-refractivity contribution in [3.8, 4) is 17.2 Å². The second kappa shape index (κ2) is 8.48. The molecule has 5 atom stereocenters. The summed E-state index contributed by atoms with van der Waals surface area (Å²) in [6.45, 7) is 1.21. The molecule has 31 heavy (non-hydrogen) atoms. The van der Waals surface area contributed by atoms with Crippen LogP contribution in [0.2, 0.25) is 0 Å². The van der Waals surface area contributed by atoms with E-state index in [1.807, 2.05) is 42.5 Å². The van der Waals surface area contributed by atoms with Crippen LogP contribution in [0.4, 0.5) is 0 Å². The molecular weight excluding hydrogens is 416 g/mol. The van der Waals surface area contributed by atoms with Crippen LogP contribution < -0.4 is 0 Å². The van der Waals surface area contributed by atoms with Crippen LogP contribution in [-0.2, 0) is 4.74 Å². The Labute approximate surface area is 184 Å². The summed E-state index contributed by atoms with van der Waals surface area (Å²) in [7, 11) is 0. The molecule has 1 aromatic heterocycles. The lowest BCUT2D eigenvalue weighted by Gasteiger charge is -2.41. The predicted molar refractivity (Wildman–Crippen MR) is 117 cm³/mol. The molecule has 0 aliphatic carbocycles. The van der Waals surface area contributed by atoms with E-state index in [1.54, 1.807) is 13.0 Å². The Kier molecular flexibility index (Phi) is 5.90. The van der Waals surface area contributed by atoms with E-state index in [0.717, 1.165) is 16.3 Å². The number of aromatic nitrogens is 1. The highest BCUT2D eigenvalue weighted by molar-refractivity contribution is 7.71. The molecule has 3 aromatic rings. The normalized spacial score (nSPS) is 26.0. The number of pyridine rings is 1. The second-order valence-electron chi connectivity index (χ2n) is 7.61. The molecule has 0 saturated carbocycles. The minimum atomic E-state index is -1.54. The van der Waals surface area contributed by atoms with Crippen molar-refractivity contribution in [3.05, 3.63) is 64.4 Å². The van der Waals surface area contributed by atoms with Crippen LogP contribution in [0, 0.1) is 22.9 Å². The van der Waals surface area contributed by atoms with Gasteiger partial charge in [-0.1, -0.05) is 54.7 Å². The zero-order chi connectivity index (χ0) is 22.3. The number of aryl methyl sites for hydroxylation is 1. The van der Waals surface area contributed by atoms with Crippen LogP contribution in [-0.4, -0.2) is 56.0 Å². The van der Waals surface area contributed by atoms with Gasteiger partial charge in [0.05, 0.1) is 12.2 Å². The molecule has 1 aliphatic rings. The Morgan fingerprint density at radius 1 is 1.03 bits per heavy atom. The fourth-order valence-electron chi connectivity index (χ4n) is 4.14. The van der Waals surface area contributed by atoms with Crippen LogP contribution in [0.15, 0.2) is 48.5 Å². The maximum absolute atomic E-state index is 10.5. The van der Waals surface area contributed by atoms with Crippen LogP contribution >= 0.6 is 12.2 Å². The lowest BCUT2D eigenvalue weighted by atomic mass is 9.94. The molecule has 7 nitrogen and oxygen atoms in total. The van der Waals surface area contributed by atoms with Crippen LogP contribution in [0.3, 0.4) is 0 Å². The van der Waals surface area contributed by atoms with E-state index < -0.39 is 37.3 Å². The highest BCUT2D eigenvalue weighted by Gasteiger charge is 2.44. The number of benzene rings is 2. The average molecular weight is 439 g/mol. The number of aliphatic hydroxyl groups is 4. The van der Waals surface area contributed by atoms with Crippen LogP contribution in [0.1, 0.15) is 17.5 Å². The first kappa shape index (κ1) is 21.6. The van der Waals surface area contributed by atoms with Gasteiger partial charge in [0.25, 0.3) is 0 Å². The van der Waals surface area contributed by atoms with Gasteiger partial charge in [0.1, 0.15) is 35.1 Å². The summed E-state index contributed by atoms with van der Waals surface area (Å²) in [6, 6.07) is 17.6. The molecule has 4 N–H and O–H groups in total. The molecule has 0 radical (unpaired) electrons. The molecule has 0 bridgehead atoms. The average Bonchev–Trinajstić information content (AvgIpc) is 2.78. The zero-order valence-electron chi connectivity index (χ0n) is 16.7. The molecule has 0 amide bonds. The van der Waals surface area contributed by atoms with Crippen molar-refractivity contribution in [3.63, 3.8) is 0 Å². The van der Waals surface area contributed by atoms with E-state index in [1.165, 1.54) is 4.57 Å². The topological polar surface area (TPSA) is 119 Å². The van der Waals surface area contributed by atoms with Crippen molar-refractivity contribution in [2.45, 2.75) is 37.6 Å². The molecule has 2 heterocycles. The van der Waals surface area contributed by atoms with Crippen molar-refractivity contribution in [1.82, 2.24) is 4.57 Å². The quantitative estimate of drug-likeness (QED) is 0.463. The number of rotatable bonds is 3. The molecule has 8 heteroatoms. The molecule has 1 fully saturated rings. The fraction of sp³-hybridized carbons (Fsp3) is 0.304. The van der Waals surface area contributed by atoms with E-state index >= 15 is 0 Å². The summed E-state index contributed by atoms with van der Waals surface area (Å²) in [5.74, 6) is 0. The largest absolute Gasteiger partial charge is 0.394 e. The maximum Gasteiger partial charge on any atom is 0.164 e. The smallest absolute Gasteiger partial charge is 0.164 e. The minimum absolute atomic E-state index is 0.134. The highest BCUT2D eigenvalue weighted by atomic mass is 32.1. The molecule has 160 valence electrons. The second-order valence-corrected chi connectivity index (χ2v) is 7.99. The van der Waals surface area contributed by atoms with Crippen molar-refractivity contribution in [1.29, 1.82) is 5.26 Å². The SMILES string of the molecule is Cc1cc(-c2cccc3ccccc23)c(C#N)c(=S)n1[C@@H]1O[C@@H](CO)[C@@H](O)[C@@H](O)[C@@H]1O. The highest BCUT2D eigenvalue weighted by Crippen LogP contribution is 2.35. The lowest BCUT2D eigenvalue weighted by molar-refractivity contribution is -0.252. The number of aliphatic hydroxyl groups excluding tert-OH is 4. The van der Waals surface area contributed by atoms with Crippen molar-refractivity contribution in [2.75, 3.05) is 6.61 Å². The first-order valence-corrected chi connectivity index (χ1v) is 10.2. The van der Waals surface area contributed by atoms with Crippen LogP contribution in [0.5, 0.6) is 0 Å². The van der Waals surface area contributed by atoms with Gasteiger partial charge >= 0.3 is 0 Å². The summed E-state index contributed by atoms with van der Waals surface area (Å²) >= 11 is 5.61. The van der Waals surface area contributed by atoms with E-state index in [-0.39, 0.29) is 10.2 Å². The zero-order valence-corrected chi connectivity index (χ0v) is 17.5. The van der Waals surface area contributed by atoms with Gasteiger partial charge in [-0.3, -0.25) is 0 Å². The molecule has 1 aliphatic heterocycles. The summed E-state index contributed by atoms with van der Waals surface area (Å²) in [4.78, 5) is 0. The van der Waals surface area contributed by atoms with E-state index in [9.17, 15) is 25.7 Å². The Hall–Kier alpha value is -2.64. The van der Waals surface area contributed by atoms with Gasteiger partial charge in [-0.05, 0) is 29.3 Å². The summed E-state index contributed by atoms with van der Waals surface area (Å²) in [5, 5.41) is 52.2. The Morgan fingerprint density at radius 2 is 1.74 bits per heavy atom. The summed E-state index contributed by atoms with van der Waals surface area (Å²) < 4.78 is 7.25. The maximum atomic E-state index is 10.5. The van der Waals surface area contributed by atoms with Gasteiger partial charge in [-0.25, -0.2) is 0 Å². The van der Waals surface area contributed by atoms with Gasteiger partial charge in [-0.15, -0.1) is 0 Å². The molecule has 4 rings (SSSR count). The van der Waals surface area contributed by atoms with E-state index in [4.69, 9.17) is 17.0 Å². The third-order valence-electron chi connectivity index (χ3n) is 5.75. The minimum Gasteiger partial charge on any atom is -0.394 e. The Morgan fingerprint density at radius 3 is 2.45 bits per heavy atom. The number of fused-ring (bicyclic) bond motifs is 1. The van der Waals surface area contributed by atoms with Crippen LogP contribution in [0.25, 0.3) is 21.9 Å². The number of nitriles is 1. The third-order valence-corrected chi connectivity index (χ3v) is 6.15. The molecule has 0 unspecified atom stereocenters. The number of hydrogen-bond acceptors (Lipinski definition) is 7. The Bertz CT molecular complexity index is 1230. The number of hydrogen-bond donors (Lipinski definition) is 4. The molecule has 2 aromatic carbocycles. The van der Waals surface area contributed by atoms with Gasteiger partial charge in [0.15, 0.2) is 6.23 Å². The third kappa shape index (κ3) is 3.55. The lowest BCUT2D eigenvalue weighted by Crippen LogP contribution is -2.56. The monoisotopic (exact) mass is 438 g/mol. The molecule has 0 spiro atoms. The first-order valence-electron chi connectivity index (χ1n) is 9.84. The summed E-state index contributed by atoms with van der Waals surface area (Å²) in [6.07, 6.45) is -6.76.